The quantitative estimate of drug-likeness (QED) is 0.779. The standard InChI is InChI=1S/C16H20N8/c1-12-8-14(15-21-20-11-24(15)22-12)19-9-13-4-2-7-23(10-13)16-17-5-3-6-18-16/h3,5-6,8,11,13,19H,2,4,7,9-10H2,1H3. The summed E-state index contributed by atoms with van der Waals surface area (Å²) in [4.78, 5) is 11.0. The maximum atomic E-state index is 4.37. The third-order valence-corrected chi connectivity index (χ3v) is 4.33. The summed E-state index contributed by atoms with van der Waals surface area (Å²) in [7, 11) is 0. The second kappa shape index (κ2) is 6.38. The Kier molecular flexibility index (Phi) is 3.94. The Hall–Kier alpha value is -2.77. The van der Waals surface area contributed by atoms with Crippen LogP contribution in [-0.4, -0.2) is 49.4 Å². The highest BCUT2D eigenvalue weighted by Gasteiger charge is 2.21. The Morgan fingerprint density at radius 3 is 3.04 bits per heavy atom. The van der Waals surface area contributed by atoms with Gasteiger partial charge in [0.25, 0.3) is 0 Å². The van der Waals surface area contributed by atoms with Gasteiger partial charge in [0.15, 0.2) is 0 Å². The van der Waals surface area contributed by atoms with Gasteiger partial charge in [0, 0.05) is 32.0 Å². The van der Waals surface area contributed by atoms with E-state index in [0.717, 1.165) is 49.0 Å². The van der Waals surface area contributed by atoms with Crippen LogP contribution in [0.15, 0.2) is 30.9 Å². The Morgan fingerprint density at radius 1 is 1.29 bits per heavy atom. The van der Waals surface area contributed by atoms with Crippen LogP contribution in [0.25, 0.3) is 5.65 Å². The van der Waals surface area contributed by atoms with Crippen molar-refractivity contribution in [1.29, 1.82) is 0 Å². The van der Waals surface area contributed by atoms with Gasteiger partial charge in [-0.25, -0.2) is 9.97 Å². The first kappa shape index (κ1) is 14.8. The topological polar surface area (TPSA) is 84.1 Å². The van der Waals surface area contributed by atoms with Crippen LogP contribution < -0.4 is 10.2 Å². The number of aromatic nitrogens is 6. The van der Waals surface area contributed by atoms with Crippen molar-refractivity contribution in [2.45, 2.75) is 19.8 Å². The molecule has 1 N–H and O–H groups in total. The van der Waals surface area contributed by atoms with Gasteiger partial charge in [-0.2, -0.15) is 9.61 Å². The summed E-state index contributed by atoms with van der Waals surface area (Å²) in [6, 6.07) is 3.87. The van der Waals surface area contributed by atoms with Crippen LogP contribution in [0.4, 0.5) is 11.6 Å². The van der Waals surface area contributed by atoms with Gasteiger partial charge in [-0.15, -0.1) is 10.2 Å². The lowest BCUT2D eigenvalue weighted by atomic mass is 9.98. The van der Waals surface area contributed by atoms with Crippen molar-refractivity contribution < 1.29 is 0 Å². The van der Waals surface area contributed by atoms with E-state index in [0.29, 0.717) is 5.92 Å². The molecule has 0 spiro atoms. The molecule has 1 unspecified atom stereocenters. The lowest BCUT2D eigenvalue weighted by Crippen LogP contribution is -2.39. The molecule has 24 heavy (non-hydrogen) atoms. The first-order valence-corrected chi connectivity index (χ1v) is 8.23. The number of aryl methyl sites for hydroxylation is 1. The van der Waals surface area contributed by atoms with E-state index in [-0.39, 0.29) is 0 Å². The van der Waals surface area contributed by atoms with Crippen molar-refractivity contribution in [1.82, 2.24) is 29.8 Å². The summed E-state index contributed by atoms with van der Waals surface area (Å²) in [5.41, 5.74) is 2.68. The molecule has 3 aromatic heterocycles. The molecule has 8 nitrogen and oxygen atoms in total. The molecule has 4 rings (SSSR count). The summed E-state index contributed by atoms with van der Waals surface area (Å²) >= 11 is 0. The Labute approximate surface area is 140 Å². The molecule has 0 aliphatic carbocycles. The van der Waals surface area contributed by atoms with E-state index >= 15 is 0 Å². The van der Waals surface area contributed by atoms with Gasteiger partial charge in [-0.1, -0.05) is 0 Å². The molecule has 1 atom stereocenters. The zero-order chi connectivity index (χ0) is 16.4. The summed E-state index contributed by atoms with van der Waals surface area (Å²) in [5.74, 6) is 1.36. The van der Waals surface area contributed by atoms with E-state index in [4.69, 9.17) is 0 Å². The van der Waals surface area contributed by atoms with Crippen LogP contribution in [0.2, 0.25) is 0 Å². The van der Waals surface area contributed by atoms with Crippen LogP contribution >= 0.6 is 0 Å². The van der Waals surface area contributed by atoms with E-state index in [1.807, 2.05) is 19.1 Å². The van der Waals surface area contributed by atoms with Crippen molar-refractivity contribution in [3.63, 3.8) is 0 Å². The van der Waals surface area contributed by atoms with Crippen LogP contribution in [0, 0.1) is 12.8 Å². The molecule has 8 heteroatoms. The van der Waals surface area contributed by atoms with Crippen molar-refractivity contribution >= 4 is 17.3 Å². The molecule has 0 saturated carbocycles. The molecular formula is C16H20N8. The fourth-order valence-electron chi connectivity index (χ4n) is 3.20. The smallest absolute Gasteiger partial charge is 0.225 e. The molecule has 0 amide bonds. The van der Waals surface area contributed by atoms with Gasteiger partial charge in [0.05, 0.1) is 11.4 Å². The maximum Gasteiger partial charge on any atom is 0.225 e. The fraction of sp³-hybridized carbons (Fsp3) is 0.438. The second-order valence-electron chi connectivity index (χ2n) is 6.18. The van der Waals surface area contributed by atoms with E-state index in [9.17, 15) is 0 Å². The number of nitrogens with one attached hydrogen (secondary N) is 1. The molecule has 1 aliphatic rings. The summed E-state index contributed by atoms with van der Waals surface area (Å²) in [6.45, 7) is 4.84. The summed E-state index contributed by atoms with van der Waals surface area (Å²) < 4.78 is 1.71. The predicted octanol–water partition coefficient (Wildman–Crippen LogP) is 1.55. The Bertz CT molecular complexity index is 815. The second-order valence-corrected chi connectivity index (χ2v) is 6.18. The van der Waals surface area contributed by atoms with Crippen LogP contribution in [0.5, 0.6) is 0 Å². The van der Waals surface area contributed by atoms with Crippen molar-refractivity contribution in [3.05, 3.63) is 36.5 Å². The molecule has 4 heterocycles. The number of nitrogens with zero attached hydrogens (tertiary/aromatic N) is 7. The molecule has 3 aromatic rings. The first-order valence-electron chi connectivity index (χ1n) is 8.23. The number of rotatable bonds is 4. The average Bonchev–Trinajstić information content (AvgIpc) is 3.09. The van der Waals surface area contributed by atoms with Crippen LogP contribution in [0.3, 0.4) is 0 Å². The van der Waals surface area contributed by atoms with Gasteiger partial charge < -0.3 is 10.2 Å². The number of fused-ring (bicyclic) bond motifs is 1. The normalized spacial score (nSPS) is 18.0. The number of anilines is 2. The van der Waals surface area contributed by atoms with Crippen molar-refractivity contribution in [3.8, 4) is 0 Å². The molecular weight excluding hydrogens is 304 g/mol. The zero-order valence-electron chi connectivity index (χ0n) is 13.6. The highest BCUT2D eigenvalue weighted by molar-refractivity contribution is 5.66. The molecule has 0 bridgehead atoms. The van der Waals surface area contributed by atoms with E-state index in [1.54, 1.807) is 23.2 Å². The summed E-state index contributed by atoms with van der Waals surface area (Å²) in [5, 5.41) is 16.0. The lowest BCUT2D eigenvalue weighted by Gasteiger charge is -2.32. The summed E-state index contributed by atoms with van der Waals surface area (Å²) in [6.07, 6.45) is 7.57. The minimum Gasteiger partial charge on any atom is -0.382 e. The highest BCUT2D eigenvalue weighted by atomic mass is 15.3. The number of hydrogen-bond acceptors (Lipinski definition) is 7. The van der Waals surface area contributed by atoms with Gasteiger partial charge >= 0.3 is 0 Å². The number of hydrogen-bond donors (Lipinski definition) is 1. The molecule has 124 valence electrons. The van der Waals surface area contributed by atoms with Gasteiger partial charge in [0.1, 0.15) is 6.33 Å². The lowest BCUT2D eigenvalue weighted by molar-refractivity contribution is 0.428. The first-order chi connectivity index (χ1) is 11.8. The van der Waals surface area contributed by atoms with Crippen LogP contribution in [-0.2, 0) is 0 Å². The van der Waals surface area contributed by atoms with Gasteiger partial charge in [0.2, 0.25) is 11.6 Å². The van der Waals surface area contributed by atoms with Crippen molar-refractivity contribution in [2.24, 2.45) is 5.92 Å². The van der Waals surface area contributed by atoms with Crippen LogP contribution in [0.1, 0.15) is 18.5 Å². The van der Waals surface area contributed by atoms with E-state index in [2.05, 4.69) is 35.5 Å². The SMILES string of the molecule is Cc1cc(NCC2CCCN(c3ncccn3)C2)c2nncn2n1. The molecule has 1 aliphatic heterocycles. The zero-order valence-corrected chi connectivity index (χ0v) is 13.6. The van der Waals surface area contributed by atoms with Crippen molar-refractivity contribution in [2.75, 3.05) is 29.9 Å². The fourth-order valence-corrected chi connectivity index (χ4v) is 3.20. The Balaban J connectivity index is 1.44. The Morgan fingerprint density at radius 2 is 2.17 bits per heavy atom. The van der Waals surface area contributed by atoms with Gasteiger partial charge in [-0.05, 0) is 37.8 Å². The van der Waals surface area contributed by atoms with E-state index in [1.165, 1.54) is 6.42 Å². The largest absolute Gasteiger partial charge is 0.382 e. The average molecular weight is 324 g/mol. The third-order valence-electron chi connectivity index (χ3n) is 4.33. The molecule has 0 radical (unpaired) electrons. The predicted molar refractivity (Wildman–Crippen MR) is 91.0 cm³/mol. The molecule has 1 saturated heterocycles. The van der Waals surface area contributed by atoms with Gasteiger partial charge in [-0.3, -0.25) is 0 Å². The third kappa shape index (κ3) is 2.99. The minimum absolute atomic E-state index is 0.541. The number of piperidine rings is 1. The van der Waals surface area contributed by atoms with E-state index < -0.39 is 0 Å². The molecule has 0 aromatic carbocycles. The highest BCUT2D eigenvalue weighted by Crippen LogP contribution is 2.21. The maximum absolute atomic E-state index is 4.37. The minimum atomic E-state index is 0.541. The monoisotopic (exact) mass is 324 g/mol. The molecule has 1 fully saturated rings.